The highest BCUT2D eigenvalue weighted by Crippen LogP contribution is 2.39. The number of likely N-dealkylation sites (N-methyl/N-ethyl adjacent to an activating group) is 1. The Bertz CT molecular complexity index is 809. The predicted molar refractivity (Wildman–Crippen MR) is 99.4 cm³/mol. The summed E-state index contributed by atoms with van der Waals surface area (Å²) in [5.41, 5.74) is 0.381. The van der Waals surface area contributed by atoms with E-state index < -0.39 is 12.7 Å². The van der Waals surface area contributed by atoms with Gasteiger partial charge >= 0.3 is 12.7 Å². The minimum absolute atomic E-state index is 0.0154. The first-order valence-electron chi connectivity index (χ1n) is 9.59. The quantitative estimate of drug-likeness (QED) is 0.611. The fraction of sp³-hybridized carbons (Fsp3) is 0.556. The standard InChI is InChI=1S/C18H24BN2O7/c1-20-8-2-3-13(20)17(22)21-9-12(10-21)27-14-5-4-11-6-7-19(25,26)28-16(11)15(14)18(23)24/h4-5,12-13,25-26H,2-3,6-10H2,1H3,(H,23,24)/q-1/t13-/m0/s1. The van der Waals surface area contributed by atoms with Gasteiger partial charge in [-0.05, 0) is 44.5 Å². The summed E-state index contributed by atoms with van der Waals surface area (Å²) >= 11 is 0. The molecule has 4 rings (SSSR count). The second-order valence-electron chi connectivity index (χ2n) is 7.87. The van der Waals surface area contributed by atoms with Crippen LogP contribution in [-0.4, -0.2) is 82.4 Å². The van der Waals surface area contributed by atoms with Crippen LogP contribution < -0.4 is 9.39 Å². The lowest BCUT2D eigenvalue weighted by molar-refractivity contribution is -0.144. The zero-order valence-electron chi connectivity index (χ0n) is 15.7. The van der Waals surface area contributed by atoms with Crippen LogP contribution in [0.2, 0.25) is 6.32 Å². The van der Waals surface area contributed by atoms with E-state index in [2.05, 4.69) is 4.90 Å². The number of carboxylic acids is 1. The first-order valence-corrected chi connectivity index (χ1v) is 9.59. The molecule has 1 aromatic carbocycles. The fourth-order valence-electron chi connectivity index (χ4n) is 4.14. The number of amides is 1. The molecule has 0 radical (unpaired) electrons. The molecule has 10 heteroatoms. The second-order valence-corrected chi connectivity index (χ2v) is 7.87. The zero-order valence-corrected chi connectivity index (χ0v) is 15.7. The molecule has 1 atom stereocenters. The average molecular weight is 391 g/mol. The number of aromatic carboxylic acids is 1. The molecule has 0 aromatic heterocycles. The highest BCUT2D eigenvalue weighted by Gasteiger charge is 2.40. The van der Waals surface area contributed by atoms with E-state index in [0.717, 1.165) is 19.4 Å². The maximum atomic E-state index is 12.5. The van der Waals surface area contributed by atoms with E-state index in [1.807, 2.05) is 7.05 Å². The van der Waals surface area contributed by atoms with Crippen molar-refractivity contribution in [1.29, 1.82) is 0 Å². The lowest BCUT2D eigenvalue weighted by Gasteiger charge is -2.42. The third-order valence-corrected chi connectivity index (χ3v) is 5.77. The molecule has 1 aromatic rings. The smallest absolute Gasteiger partial charge is 0.430 e. The Kier molecular flexibility index (Phi) is 4.72. The summed E-state index contributed by atoms with van der Waals surface area (Å²) in [6.45, 7) is -1.36. The Morgan fingerprint density at radius 2 is 2.04 bits per heavy atom. The third kappa shape index (κ3) is 3.43. The number of hydrogen-bond donors (Lipinski definition) is 3. The van der Waals surface area contributed by atoms with Gasteiger partial charge in [0.25, 0.3) is 0 Å². The zero-order chi connectivity index (χ0) is 20.1. The van der Waals surface area contributed by atoms with Gasteiger partial charge in [-0.3, -0.25) is 9.69 Å². The molecule has 0 spiro atoms. The largest absolute Gasteiger partial charge is 0.669 e. The van der Waals surface area contributed by atoms with Crippen molar-refractivity contribution in [2.24, 2.45) is 0 Å². The number of likely N-dealkylation sites (tertiary alicyclic amines) is 2. The van der Waals surface area contributed by atoms with Crippen LogP contribution in [0.1, 0.15) is 28.8 Å². The number of aryl methyl sites for hydroxylation is 1. The minimum atomic E-state index is -3.08. The van der Waals surface area contributed by atoms with Gasteiger partial charge in [0.1, 0.15) is 17.4 Å². The molecule has 3 aliphatic heterocycles. The molecule has 28 heavy (non-hydrogen) atoms. The van der Waals surface area contributed by atoms with Gasteiger partial charge in [0.15, 0.2) is 0 Å². The second kappa shape index (κ2) is 6.95. The molecule has 0 bridgehead atoms. The van der Waals surface area contributed by atoms with Crippen LogP contribution in [0.25, 0.3) is 0 Å². The molecule has 0 aliphatic carbocycles. The van der Waals surface area contributed by atoms with Crippen LogP contribution in [0.3, 0.4) is 0 Å². The number of hydrogen-bond acceptors (Lipinski definition) is 7. The van der Waals surface area contributed by atoms with Crippen LogP contribution in [0.5, 0.6) is 11.5 Å². The van der Waals surface area contributed by atoms with Crippen molar-refractivity contribution < 1.29 is 34.1 Å². The molecule has 1 amide bonds. The van der Waals surface area contributed by atoms with E-state index in [9.17, 15) is 24.7 Å². The van der Waals surface area contributed by atoms with E-state index >= 15 is 0 Å². The monoisotopic (exact) mass is 391 g/mol. The van der Waals surface area contributed by atoms with Crippen molar-refractivity contribution in [1.82, 2.24) is 9.80 Å². The van der Waals surface area contributed by atoms with Gasteiger partial charge < -0.3 is 29.4 Å². The van der Waals surface area contributed by atoms with Gasteiger partial charge in [0, 0.05) is 0 Å². The van der Waals surface area contributed by atoms with E-state index in [-0.39, 0.29) is 41.4 Å². The number of fused-ring (bicyclic) bond motifs is 1. The molecule has 2 saturated heterocycles. The normalized spacial score (nSPS) is 24.2. The van der Waals surface area contributed by atoms with E-state index in [1.54, 1.807) is 17.0 Å². The SMILES string of the molecule is CN1CCC[C@H]1C(=O)N1CC(Oc2ccc3c(c2C(=O)O)O[B-](O)(O)CC3)C1. The van der Waals surface area contributed by atoms with E-state index in [4.69, 9.17) is 9.39 Å². The van der Waals surface area contributed by atoms with Gasteiger partial charge in [-0.2, -0.15) is 0 Å². The van der Waals surface area contributed by atoms with Gasteiger partial charge in [-0.15, -0.1) is 0 Å². The number of carbonyl (C=O) groups is 2. The molecule has 0 saturated carbocycles. The Morgan fingerprint density at radius 3 is 2.68 bits per heavy atom. The number of carbonyl (C=O) groups excluding carboxylic acids is 1. The van der Waals surface area contributed by atoms with Crippen LogP contribution >= 0.6 is 0 Å². The summed E-state index contributed by atoms with van der Waals surface area (Å²) in [4.78, 5) is 28.1. The maximum absolute atomic E-state index is 12.5. The lowest BCUT2D eigenvalue weighted by Crippen LogP contribution is -2.59. The van der Waals surface area contributed by atoms with E-state index in [0.29, 0.717) is 25.1 Å². The average Bonchev–Trinajstić information content (AvgIpc) is 3.01. The Morgan fingerprint density at radius 1 is 1.29 bits per heavy atom. The van der Waals surface area contributed by atoms with Crippen molar-refractivity contribution >= 4 is 18.6 Å². The number of nitrogens with zero attached hydrogens (tertiary/aromatic N) is 2. The molecule has 0 unspecified atom stereocenters. The van der Waals surface area contributed by atoms with Crippen LogP contribution in [0, 0.1) is 0 Å². The maximum Gasteiger partial charge on any atom is 0.430 e. The fourth-order valence-corrected chi connectivity index (χ4v) is 4.14. The minimum Gasteiger partial charge on any atom is -0.669 e. The molecule has 3 aliphatic rings. The molecule has 9 nitrogen and oxygen atoms in total. The first kappa shape index (κ1) is 19.0. The van der Waals surface area contributed by atoms with Crippen molar-refractivity contribution in [3.8, 4) is 11.5 Å². The third-order valence-electron chi connectivity index (χ3n) is 5.77. The molecule has 3 heterocycles. The van der Waals surface area contributed by atoms with E-state index in [1.165, 1.54) is 0 Å². The molecule has 2 fully saturated rings. The van der Waals surface area contributed by atoms with Gasteiger partial charge in [0.2, 0.25) is 5.91 Å². The number of benzene rings is 1. The number of rotatable bonds is 4. The summed E-state index contributed by atoms with van der Waals surface area (Å²) in [7, 11) is 1.94. The molecule has 3 N–H and O–H groups in total. The summed E-state index contributed by atoms with van der Waals surface area (Å²) in [6.07, 6.45) is 1.88. The first-order chi connectivity index (χ1) is 13.2. The summed E-state index contributed by atoms with van der Waals surface area (Å²) in [5, 5.41) is 29.2. The Labute approximate surface area is 162 Å². The predicted octanol–water partition coefficient (Wildman–Crippen LogP) is -0.0730. The highest BCUT2D eigenvalue weighted by atomic mass is 16.6. The number of carboxylic acid groups (broad SMARTS) is 1. The molecule has 152 valence electrons. The summed E-state index contributed by atoms with van der Waals surface area (Å²) in [5.74, 6) is -1.13. The van der Waals surface area contributed by atoms with Crippen molar-refractivity contribution in [2.75, 3.05) is 26.7 Å². The summed E-state index contributed by atoms with van der Waals surface area (Å²) in [6, 6.07) is 3.16. The van der Waals surface area contributed by atoms with Crippen LogP contribution in [-0.2, 0) is 11.2 Å². The molecular weight excluding hydrogens is 367 g/mol. The van der Waals surface area contributed by atoms with Gasteiger partial charge in [0.05, 0.1) is 24.9 Å². The van der Waals surface area contributed by atoms with Crippen molar-refractivity contribution in [3.05, 3.63) is 23.3 Å². The Balaban J connectivity index is 1.46. The summed E-state index contributed by atoms with van der Waals surface area (Å²) < 4.78 is 11.0. The molecular formula is C18H24BN2O7-. The highest BCUT2D eigenvalue weighted by molar-refractivity contribution is 6.59. The van der Waals surface area contributed by atoms with Gasteiger partial charge in [-0.1, -0.05) is 12.4 Å². The van der Waals surface area contributed by atoms with Crippen LogP contribution in [0.15, 0.2) is 12.1 Å². The Hall–Kier alpha value is -2.30. The van der Waals surface area contributed by atoms with Gasteiger partial charge in [-0.25, -0.2) is 4.79 Å². The van der Waals surface area contributed by atoms with Crippen molar-refractivity contribution in [3.63, 3.8) is 0 Å². The van der Waals surface area contributed by atoms with Crippen LogP contribution in [0.4, 0.5) is 0 Å². The number of ether oxygens (including phenoxy) is 1. The topological polar surface area (TPSA) is 120 Å². The lowest BCUT2D eigenvalue weighted by atomic mass is 9.70. The van der Waals surface area contributed by atoms with Crippen molar-refractivity contribution in [2.45, 2.75) is 37.7 Å².